The molecule has 2 amide bonds. The van der Waals surface area contributed by atoms with E-state index in [4.69, 9.17) is 9.15 Å². The van der Waals surface area contributed by atoms with E-state index in [1.807, 2.05) is 24.3 Å². The molecule has 3 aromatic rings. The van der Waals surface area contributed by atoms with Gasteiger partial charge in [-0.05, 0) is 54.3 Å². The molecule has 0 saturated carbocycles. The Morgan fingerprint density at radius 3 is 2.50 bits per heavy atom. The van der Waals surface area contributed by atoms with Gasteiger partial charge in [-0.2, -0.15) is 0 Å². The maximum atomic E-state index is 12.5. The highest BCUT2D eigenvalue weighted by Crippen LogP contribution is 2.21. The number of para-hydroxylation sites is 1. The van der Waals surface area contributed by atoms with Crippen molar-refractivity contribution in [1.82, 2.24) is 5.32 Å². The standard InChI is InChI=1S/C24H26N2O4/c1-3-17(2)18-10-12-19(13-11-18)30-16-23(27)26-22-9-5-4-8-21(22)24(28)25-15-20-7-6-14-29-20/h4-14,17H,3,15-16H2,1-2H3,(H,25,28)(H,26,27)/t17-/m0/s1. The average Bonchev–Trinajstić information content (AvgIpc) is 3.30. The van der Waals surface area contributed by atoms with Crippen molar-refractivity contribution in [2.45, 2.75) is 32.7 Å². The predicted octanol–water partition coefficient (Wildman–Crippen LogP) is 4.74. The first-order chi connectivity index (χ1) is 14.6. The van der Waals surface area contributed by atoms with Gasteiger partial charge in [-0.3, -0.25) is 9.59 Å². The fourth-order valence-corrected chi connectivity index (χ4v) is 2.93. The summed E-state index contributed by atoms with van der Waals surface area (Å²) < 4.78 is 10.8. The number of furan rings is 1. The maximum Gasteiger partial charge on any atom is 0.262 e. The normalized spacial score (nSPS) is 11.5. The van der Waals surface area contributed by atoms with Gasteiger partial charge in [0, 0.05) is 0 Å². The zero-order valence-corrected chi connectivity index (χ0v) is 17.2. The van der Waals surface area contributed by atoms with Crippen LogP contribution in [0.4, 0.5) is 5.69 Å². The Morgan fingerprint density at radius 1 is 1.03 bits per heavy atom. The van der Waals surface area contributed by atoms with Crippen LogP contribution in [0.5, 0.6) is 5.75 Å². The van der Waals surface area contributed by atoms with Crippen molar-refractivity contribution in [2.24, 2.45) is 0 Å². The lowest BCUT2D eigenvalue weighted by atomic mass is 9.99. The van der Waals surface area contributed by atoms with E-state index in [1.54, 1.807) is 42.7 Å². The first-order valence-electron chi connectivity index (χ1n) is 9.99. The number of nitrogens with one attached hydrogen (secondary N) is 2. The van der Waals surface area contributed by atoms with Crippen LogP contribution in [0, 0.1) is 0 Å². The molecule has 0 bridgehead atoms. The molecule has 0 aliphatic rings. The van der Waals surface area contributed by atoms with Gasteiger partial charge in [-0.25, -0.2) is 0 Å². The van der Waals surface area contributed by atoms with Crippen molar-refractivity contribution < 1.29 is 18.7 Å². The van der Waals surface area contributed by atoms with Gasteiger partial charge in [0.25, 0.3) is 11.8 Å². The number of carbonyl (C=O) groups is 2. The van der Waals surface area contributed by atoms with Crippen LogP contribution in [0.3, 0.4) is 0 Å². The second-order valence-electron chi connectivity index (χ2n) is 7.02. The third-order valence-corrected chi connectivity index (χ3v) is 4.88. The number of amides is 2. The Morgan fingerprint density at radius 2 is 1.80 bits per heavy atom. The van der Waals surface area contributed by atoms with Crippen molar-refractivity contribution in [3.63, 3.8) is 0 Å². The summed E-state index contributed by atoms with van der Waals surface area (Å²) in [5, 5.41) is 5.52. The van der Waals surface area contributed by atoms with Gasteiger partial charge in [0.15, 0.2) is 6.61 Å². The second kappa shape index (κ2) is 10.3. The average molecular weight is 406 g/mol. The molecule has 156 valence electrons. The van der Waals surface area contributed by atoms with Gasteiger partial charge in [-0.15, -0.1) is 0 Å². The zero-order chi connectivity index (χ0) is 21.3. The molecule has 0 unspecified atom stereocenters. The van der Waals surface area contributed by atoms with Gasteiger partial charge in [0.2, 0.25) is 0 Å². The Bertz CT molecular complexity index is 965. The minimum Gasteiger partial charge on any atom is -0.484 e. The van der Waals surface area contributed by atoms with E-state index in [0.29, 0.717) is 28.7 Å². The van der Waals surface area contributed by atoms with Crippen LogP contribution in [-0.4, -0.2) is 18.4 Å². The quantitative estimate of drug-likeness (QED) is 0.538. The Hall–Kier alpha value is -3.54. The summed E-state index contributed by atoms with van der Waals surface area (Å²) in [4.78, 5) is 24.8. The lowest BCUT2D eigenvalue weighted by molar-refractivity contribution is -0.118. The molecule has 0 spiro atoms. The van der Waals surface area contributed by atoms with E-state index in [1.165, 1.54) is 5.56 Å². The van der Waals surface area contributed by atoms with Crippen molar-refractivity contribution in [1.29, 1.82) is 0 Å². The minimum absolute atomic E-state index is 0.148. The maximum absolute atomic E-state index is 12.5. The van der Waals surface area contributed by atoms with Crippen LogP contribution in [0.15, 0.2) is 71.3 Å². The van der Waals surface area contributed by atoms with Crippen LogP contribution in [0.2, 0.25) is 0 Å². The molecule has 6 nitrogen and oxygen atoms in total. The smallest absolute Gasteiger partial charge is 0.262 e. The van der Waals surface area contributed by atoms with Gasteiger partial charge in [-0.1, -0.05) is 38.1 Å². The molecular formula is C24H26N2O4. The molecule has 0 radical (unpaired) electrons. The lowest BCUT2D eigenvalue weighted by Crippen LogP contribution is -2.26. The van der Waals surface area contributed by atoms with E-state index in [2.05, 4.69) is 24.5 Å². The number of hydrogen-bond acceptors (Lipinski definition) is 4. The van der Waals surface area contributed by atoms with Crippen molar-refractivity contribution in [2.75, 3.05) is 11.9 Å². The number of benzene rings is 2. The van der Waals surface area contributed by atoms with Crippen LogP contribution in [0.25, 0.3) is 0 Å². The lowest BCUT2D eigenvalue weighted by Gasteiger charge is -2.12. The number of hydrogen-bond donors (Lipinski definition) is 2. The van der Waals surface area contributed by atoms with Gasteiger partial charge < -0.3 is 19.8 Å². The first kappa shape index (κ1) is 21.2. The second-order valence-corrected chi connectivity index (χ2v) is 7.02. The predicted molar refractivity (Wildman–Crippen MR) is 116 cm³/mol. The van der Waals surface area contributed by atoms with E-state index >= 15 is 0 Å². The van der Waals surface area contributed by atoms with Crippen molar-refractivity contribution >= 4 is 17.5 Å². The Kier molecular flexibility index (Phi) is 7.27. The molecule has 0 saturated heterocycles. The Balaban J connectivity index is 1.55. The number of carbonyl (C=O) groups excluding carboxylic acids is 2. The largest absolute Gasteiger partial charge is 0.484 e. The van der Waals surface area contributed by atoms with Crippen LogP contribution >= 0.6 is 0 Å². The fourth-order valence-electron chi connectivity index (χ4n) is 2.93. The monoisotopic (exact) mass is 406 g/mol. The van der Waals surface area contributed by atoms with Crippen LogP contribution in [-0.2, 0) is 11.3 Å². The summed E-state index contributed by atoms with van der Waals surface area (Å²) >= 11 is 0. The SMILES string of the molecule is CC[C@H](C)c1ccc(OCC(=O)Nc2ccccc2C(=O)NCc2ccco2)cc1. The third kappa shape index (κ3) is 5.73. The van der Waals surface area contributed by atoms with E-state index in [9.17, 15) is 9.59 Å². The Labute approximate surface area is 176 Å². The summed E-state index contributed by atoms with van der Waals surface area (Å²) in [7, 11) is 0. The van der Waals surface area contributed by atoms with E-state index in [0.717, 1.165) is 6.42 Å². The summed E-state index contributed by atoms with van der Waals surface area (Å²) in [6, 6.07) is 18.1. The molecule has 0 aliphatic heterocycles. The number of rotatable bonds is 9. The topological polar surface area (TPSA) is 80.6 Å². The summed E-state index contributed by atoms with van der Waals surface area (Å²) in [5.41, 5.74) is 2.04. The third-order valence-electron chi connectivity index (χ3n) is 4.88. The molecule has 1 heterocycles. The number of ether oxygens (including phenoxy) is 1. The molecule has 30 heavy (non-hydrogen) atoms. The summed E-state index contributed by atoms with van der Waals surface area (Å²) in [5.74, 6) is 1.12. The molecular weight excluding hydrogens is 380 g/mol. The highest BCUT2D eigenvalue weighted by molar-refractivity contribution is 6.03. The molecule has 3 rings (SSSR count). The molecule has 0 aliphatic carbocycles. The van der Waals surface area contributed by atoms with Gasteiger partial charge >= 0.3 is 0 Å². The summed E-state index contributed by atoms with van der Waals surface area (Å²) in [6.07, 6.45) is 2.62. The molecule has 2 aromatic carbocycles. The zero-order valence-electron chi connectivity index (χ0n) is 17.2. The molecule has 2 N–H and O–H groups in total. The summed E-state index contributed by atoms with van der Waals surface area (Å²) in [6.45, 7) is 4.44. The van der Waals surface area contributed by atoms with E-state index < -0.39 is 0 Å². The molecule has 1 atom stereocenters. The highest BCUT2D eigenvalue weighted by atomic mass is 16.5. The minimum atomic E-state index is -0.340. The first-order valence-corrected chi connectivity index (χ1v) is 9.99. The molecule has 6 heteroatoms. The van der Waals surface area contributed by atoms with Gasteiger partial charge in [0.05, 0.1) is 24.1 Å². The molecule has 1 aromatic heterocycles. The van der Waals surface area contributed by atoms with Crippen LogP contribution < -0.4 is 15.4 Å². The van der Waals surface area contributed by atoms with E-state index in [-0.39, 0.29) is 25.0 Å². The molecule has 0 fully saturated rings. The van der Waals surface area contributed by atoms with Crippen molar-refractivity contribution in [3.05, 3.63) is 83.8 Å². The fraction of sp³-hybridized carbons (Fsp3) is 0.250. The number of anilines is 1. The highest BCUT2D eigenvalue weighted by Gasteiger charge is 2.14. The van der Waals surface area contributed by atoms with Crippen molar-refractivity contribution in [3.8, 4) is 5.75 Å². The van der Waals surface area contributed by atoms with Gasteiger partial charge in [0.1, 0.15) is 11.5 Å². The van der Waals surface area contributed by atoms with Crippen LogP contribution in [0.1, 0.15) is 47.9 Å².